The topological polar surface area (TPSA) is 261 Å². The molecule has 0 aromatic heterocycles. The fourth-order valence-corrected chi connectivity index (χ4v) is 3.10. The minimum absolute atomic E-state index is 0.119. The van der Waals surface area contributed by atoms with E-state index in [1.54, 1.807) is 13.8 Å². The maximum Gasteiger partial charge on any atom is 0.326 e. The first-order chi connectivity index (χ1) is 16.5. The Labute approximate surface area is 205 Å². The Hall–Kier alpha value is -2.97. The molecule has 5 atom stereocenters. The van der Waals surface area contributed by atoms with Gasteiger partial charge in [0.25, 0.3) is 0 Å². The van der Waals surface area contributed by atoms with E-state index in [0.717, 1.165) is 0 Å². The van der Waals surface area contributed by atoms with Crippen molar-refractivity contribution in [3.8, 4) is 0 Å². The molecular formula is C21H42N8O6. The molecular weight excluding hydrogens is 460 g/mol. The highest BCUT2D eigenvalue weighted by molar-refractivity contribution is 5.94. The lowest BCUT2D eigenvalue weighted by molar-refractivity contribution is -0.144. The second-order valence-electron chi connectivity index (χ2n) is 8.35. The third-order valence-electron chi connectivity index (χ3n) is 5.47. The van der Waals surface area contributed by atoms with Crippen LogP contribution in [0.1, 0.15) is 52.4 Å². The van der Waals surface area contributed by atoms with Crippen LogP contribution in [0.4, 0.5) is 0 Å². The van der Waals surface area contributed by atoms with Gasteiger partial charge in [-0.05, 0) is 44.6 Å². The molecule has 0 heterocycles. The molecule has 0 aliphatic rings. The van der Waals surface area contributed by atoms with Crippen LogP contribution in [0.5, 0.6) is 0 Å². The molecule has 14 nitrogen and oxygen atoms in total. The monoisotopic (exact) mass is 502 g/mol. The van der Waals surface area contributed by atoms with Gasteiger partial charge >= 0.3 is 5.97 Å². The van der Waals surface area contributed by atoms with Crippen LogP contribution >= 0.6 is 0 Å². The van der Waals surface area contributed by atoms with E-state index in [1.807, 2.05) is 0 Å². The molecule has 0 aromatic rings. The molecule has 0 saturated heterocycles. The normalized spacial score (nSPS) is 15.1. The number of aliphatic carboxylic acids is 1. The second-order valence-corrected chi connectivity index (χ2v) is 8.35. The molecule has 0 aliphatic carbocycles. The standard InChI is InChI=1S/C21H42N8O6/c1-3-12(2)16(20(34)35)29-19(33)14(7-4-5-9-22)28-18(32)15(8-6-10-26-21(24)25)27-17(31)13(23)11-30/h12-16,30H,3-11,22-23H2,1-2H3,(H,27,31)(H,28,32)(H,29,33)(H,34,35)(H4,24,25,26). The Balaban J connectivity index is 5.59. The number of aliphatic imine (C=N–C) groups is 1. The van der Waals surface area contributed by atoms with Crippen molar-refractivity contribution < 1.29 is 29.4 Å². The molecule has 0 spiro atoms. The van der Waals surface area contributed by atoms with Gasteiger partial charge in [0, 0.05) is 6.54 Å². The van der Waals surface area contributed by atoms with E-state index in [0.29, 0.717) is 32.2 Å². The number of carbonyl (C=O) groups is 4. The van der Waals surface area contributed by atoms with E-state index in [4.69, 9.17) is 28.0 Å². The number of hydrogen-bond acceptors (Lipinski definition) is 8. The summed E-state index contributed by atoms with van der Waals surface area (Å²) in [4.78, 5) is 53.6. The predicted octanol–water partition coefficient (Wildman–Crippen LogP) is -2.93. The number of aliphatic hydroxyl groups excluding tert-OH is 1. The summed E-state index contributed by atoms with van der Waals surface area (Å²) < 4.78 is 0. The van der Waals surface area contributed by atoms with Gasteiger partial charge in [-0.1, -0.05) is 20.3 Å². The molecule has 35 heavy (non-hydrogen) atoms. The van der Waals surface area contributed by atoms with Gasteiger partial charge in [-0.25, -0.2) is 4.79 Å². The molecule has 5 unspecified atom stereocenters. The third-order valence-corrected chi connectivity index (χ3v) is 5.47. The molecule has 0 saturated carbocycles. The number of amides is 3. The van der Waals surface area contributed by atoms with E-state index < -0.39 is 54.5 Å². The average molecular weight is 503 g/mol. The van der Waals surface area contributed by atoms with Crippen molar-refractivity contribution in [2.75, 3.05) is 19.7 Å². The number of carbonyl (C=O) groups excluding carboxylic acids is 3. The average Bonchev–Trinajstić information content (AvgIpc) is 2.81. The van der Waals surface area contributed by atoms with Gasteiger partial charge in [0.05, 0.1) is 6.61 Å². The number of hydrogen-bond donors (Lipinski definition) is 9. The lowest BCUT2D eigenvalue weighted by Crippen LogP contribution is -2.58. The third kappa shape index (κ3) is 12.9. The van der Waals surface area contributed by atoms with Crippen LogP contribution in [0.3, 0.4) is 0 Å². The van der Waals surface area contributed by atoms with Crippen LogP contribution in [0.25, 0.3) is 0 Å². The van der Waals surface area contributed by atoms with Crippen molar-refractivity contribution in [2.45, 2.75) is 76.5 Å². The van der Waals surface area contributed by atoms with E-state index in [9.17, 15) is 24.3 Å². The van der Waals surface area contributed by atoms with Crippen LogP contribution < -0.4 is 38.9 Å². The Morgan fingerprint density at radius 3 is 1.94 bits per heavy atom. The maximum absolute atomic E-state index is 13.0. The Bertz CT molecular complexity index is 716. The highest BCUT2D eigenvalue weighted by Gasteiger charge is 2.31. The van der Waals surface area contributed by atoms with Gasteiger partial charge in [0.2, 0.25) is 17.7 Å². The summed E-state index contributed by atoms with van der Waals surface area (Å²) in [6.07, 6.45) is 2.28. The molecule has 0 radical (unpaired) electrons. The van der Waals surface area contributed by atoms with E-state index in [2.05, 4.69) is 20.9 Å². The largest absolute Gasteiger partial charge is 0.480 e. The Morgan fingerprint density at radius 1 is 0.914 bits per heavy atom. The second kappa shape index (κ2) is 17.5. The molecule has 0 aliphatic heterocycles. The van der Waals surface area contributed by atoms with Crippen LogP contribution in [-0.2, 0) is 19.2 Å². The van der Waals surface area contributed by atoms with E-state index in [-0.39, 0.29) is 31.3 Å². The first-order valence-electron chi connectivity index (χ1n) is 11.7. The lowest BCUT2D eigenvalue weighted by Gasteiger charge is -2.26. The SMILES string of the molecule is CCC(C)C(NC(=O)C(CCCCN)NC(=O)C(CCCN=C(N)N)NC(=O)C(N)CO)C(=O)O. The number of carboxylic acids is 1. The molecule has 3 amide bonds. The first-order valence-corrected chi connectivity index (χ1v) is 11.7. The van der Waals surface area contributed by atoms with Gasteiger partial charge < -0.3 is 49.1 Å². The van der Waals surface area contributed by atoms with Crippen molar-refractivity contribution in [2.24, 2.45) is 33.8 Å². The minimum atomic E-state index is -1.24. The van der Waals surface area contributed by atoms with Crippen LogP contribution in [0.2, 0.25) is 0 Å². The Kier molecular flexibility index (Phi) is 16.0. The molecule has 0 rings (SSSR count). The number of nitrogens with zero attached hydrogens (tertiary/aromatic N) is 1. The number of nitrogens with one attached hydrogen (secondary N) is 3. The number of unbranched alkanes of at least 4 members (excludes halogenated alkanes) is 1. The van der Waals surface area contributed by atoms with Crippen molar-refractivity contribution in [1.29, 1.82) is 0 Å². The number of nitrogens with two attached hydrogens (primary N) is 4. The number of rotatable bonds is 18. The summed E-state index contributed by atoms with van der Waals surface area (Å²) in [5.74, 6) is -3.70. The summed E-state index contributed by atoms with van der Waals surface area (Å²) in [6.45, 7) is 3.47. The van der Waals surface area contributed by atoms with Crippen LogP contribution in [0, 0.1) is 5.92 Å². The predicted molar refractivity (Wildman–Crippen MR) is 131 cm³/mol. The van der Waals surface area contributed by atoms with Crippen molar-refractivity contribution in [3.05, 3.63) is 0 Å². The first kappa shape index (κ1) is 32.0. The molecule has 14 heteroatoms. The van der Waals surface area contributed by atoms with Crippen molar-refractivity contribution >= 4 is 29.7 Å². The van der Waals surface area contributed by atoms with Gasteiger partial charge in [0.1, 0.15) is 24.2 Å². The van der Waals surface area contributed by atoms with Crippen LogP contribution in [0.15, 0.2) is 4.99 Å². The zero-order valence-corrected chi connectivity index (χ0v) is 20.5. The molecule has 13 N–H and O–H groups in total. The van der Waals surface area contributed by atoms with Gasteiger partial charge in [0.15, 0.2) is 5.96 Å². The van der Waals surface area contributed by atoms with Gasteiger partial charge in [-0.15, -0.1) is 0 Å². The lowest BCUT2D eigenvalue weighted by atomic mass is 9.98. The summed E-state index contributed by atoms with van der Waals surface area (Å²) in [7, 11) is 0. The zero-order valence-electron chi connectivity index (χ0n) is 20.5. The number of aliphatic hydroxyl groups is 1. The Morgan fingerprint density at radius 2 is 1.46 bits per heavy atom. The maximum atomic E-state index is 13.0. The smallest absolute Gasteiger partial charge is 0.326 e. The summed E-state index contributed by atoms with van der Waals surface area (Å²) >= 11 is 0. The summed E-state index contributed by atoms with van der Waals surface area (Å²) in [5, 5.41) is 26.2. The van der Waals surface area contributed by atoms with E-state index >= 15 is 0 Å². The summed E-state index contributed by atoms with van der Waals surface area (Å²) in [6, 6.07) is -4.51. The molecule has 0 aromatic carbocycles. The van der Waals surface area contributed by atoms with Gasteiger partial charge in [-0.3, -0.25) is 19.4 Å². The minimum Gasteiger partial charge on any atom is -0.480 e. The highest BCUT2D eigenvalue weighted by atomic mass is 16.4. The van der Waals surface area contributed by atoms with Crippen molar-refractivity contribution in [3.63, 3.8) is 0 Å². The fraction of sp³-hybridized carbons (Fsp3) is 0.762. The van der Waals surface area contributed by atoms with Crippen molar-refractivity contribution in [1.82, 2.24) is 16.0 Å². The molecule has 202 valence electrons. The number of guanidine groups is 1. The quantitative estimate of drug-likeness (QED) is 0.0523. The van der Waals surface area contributed by atoms with Crippen LogP contribution in [-0.4, -0.2) is 83.7 Å². The van der Waals surface area contributed by atoms with E-state index in [1.165, 1.54) is 0 Å². The zero-order chi connectivity index (χ0) is 27.0. The van der Waals surface area contributed by atoms with Gasteiger partial charge in [-0.2, -0.15) is 0 Å². The summed E-state index contributed by atoms with van der Waals surface area (Å²) in [5.41, 5.74) is 21.7. The fourth-order valence-electron chi connectivity index (χ4n) is 3.10. The molecule has 0 bridgehead atoms. The number of carboxylic acid groups (broad SMARTS) is 1. The molecule has 0 fully saturated rings. The highest BCUT2D eigenvalue weighted by Crippen LogP contribution is 2.10.